The molecule has 4 aromatic carbocycles. The smallest absolute Gasteiger partial charge is 0.168 e. The lowest BCUT2D eigenvalue weighted by atomic mass is 9.96. The maximum Gasteiger partial charge on any atom is 0.168 e. The first-order chi connectivity index (χ1) is 20.3. The molecule has 0 unspecified atom stereocenters. The molecule has 194 valence electrons. The predicted octanol–water partition coefficient (Wildman–Crippen LogP) is 8.39. The van der Waals surface area contributed by atoms with Crippen LogP contribution >= 0.6 is 0 Å². The van der Waals surface area contributed by atoms with Gasteiger partial charge < -0.3 is 0 Å². The second-order valence-corrected chi connectivity index (χ2v) is 9.69. The van der Waals surface area contributed by atoms with Crippen molar-refractivity contribution in [3.05, 3.63) is 152 Å². The van der Waals surface area contributed by atoms with E-state index < -0.39 is 0 Å². The van der Waals surface area contributed by atoms with Crippen molar-refractivity contribution in [2.24, 2.45) is 0 Å². The molecule has 0 radical (unpaired) electrons. The van der Waals surface area contributed by atoms with Gasteiger partial charge in [-0.3, -0.25) is 14.5 Å². The quantitative estimate of drug-likeness (QED) is 0.218. The Morgan fingerprint density at radius 2 is 0.829 bits per heavy atom. The van der Waals surface area contributed by atoms with E-state index in [1.165, 1.54) is 0 Å². The number of benzene rings is 4. The van der Waals surface area contributed by atoms with Crippen LogP contribution in [0, 0.1) is 0 Å². The maximum atomic E-state index is 4.61. The van der Waals surface area contributed by atoms with Crippen molar-refractivity contribution in [1.82, 2.24) is 24.7 Å². The van der Waals surface area contributed by atoms with Gasteiger partial charge in [-0.2, -0.15) is 0 Å². The summed E-state index contributed by atoms with van der Waals surface area (Å²) in [7, 11) is 0. The van der Waals surface area contributed by atoms with Crippen molar-refractivity contribution in [2.75, 3.05) is 0 Å². The maximum absolute atomic E-state index is 4.61. The summed E-state index contributed by atoms with van der Waals surface area (Å²) >= 11 is 0. The molecular formula is C36H25N5. The summed E-state index contributed by atoms with van der Waals surface area (Å²) in [4.78, 5) is 9.21. The van der Waals surface area contributed by atoms with Crippen LogP contribution in [0.3, 0.4) is 0 Å². The third-order valence-electron chi connectivity index (χ3n) is 7.04. The van der Waals surface area contributed by atoms with Crippen LogP contribution in [0.25, 0.3) is 62.1 Å². The van der Waals surface area contributed by atoms with Crippen molar-refractivity contribution < 1.29 is 0 Å². The summed E-state index contributed by atoms with van der Waals surface area (Å²) in [5.74, 6) is 1.60. The SMILES string of the molecule is c1ccc(-c2nnc(-c3ccccc3)n2-c2ccc(-c3cc(-c4ccccn4)cc(-c4ccccn4)c3)cc2)cc1. The van der Waals surface area contributed by atoms with E-state index in [9.17, 15) is 0 Å². The first kappa shape index (κ1) is 24.4. The summed E-state index contributed by atoms with van der Waals surface area (Å²) < 4.78 is 2.12. The summed E-state index contributed by atoms with van der Waals surface area (Å²) in [5, 5.41) is 9.22. The molecule has 7 aromatic rings. The summed E-state index contributed by atoms with van der Waals surface area (Å²) in [6.07, 6.45) is 3.65. The summed E-state index contributed by atoms with van der Waals surface area (Å²) in [6, 6.07) is 47.4. The molecule has 5 nitrogen and oxygen atoms in total. The molecule has 0 aliphatic heterocycles. The van der Waals surface area contributed by atoms with Crippen molar-refractivity contribution in [2.45, 2.75) is 0 Å². The van der Waals surface area contributed by atoms with Crippen molar-refractivity contribution in [3.63, 3.8) is 0 Å². The van der Waals surface area contributed by atoms with Gasteiger partial charge in [0.1, 0.15) is 0 Å². The molecule has 0 spiro atoms. The van der Waals surface area contributed by atoms with Crippen LogP contribution in [-0.2, 0) is 0 Å². The Bertz CT molecular complexity index is 1780. The van der Waals surface area contributed by atoms with Gasteiger partial charge >= 0.3 is 0 Å². The largest absolute Gasteiger partial charge is 0.275 e. The molecule has 0 aliphatic rings. The molecule has 7 rings (SSSR count). The minimum absolute atomic E-state index is 0.798. The number of aromatic nitrogens is 5. The van der Waals surface area contributed by atoms with Crippen LogP contribution in [0.1, 0.15) is 0 Å². The van der Waals surface area contributed by atoms with Crippen molar-refractivity contribution in [1.29, 1.82) is 0 Å². The average Bonchev–Trinajstić information content (AvgIpc) is 3.52. The highest BCUT2D eigenvalue weighted by Crippen LogP contribution is 2.33. The van der Waals surface area contributed by atoms with Gasteiger partial charge in [-0.05, 0) is 65.7 Å². The Balaban J connectivity index is 1.34. The number of hydrogen-bond acceptors (Lipinski definition) is 4. The van der Waals surface area contributed by atoms with Gasteiger partial charge in [0, 0.05) is 40.3 Å². The van der Waals surface area contributed by atoms with Crippen LogP contribution in [0.5, 0.6) is 0 Å². The number of pyridine rings is 2. The zero-order chi connectivity index (χ0) is 27.4. The molecule has 0 bridgehead atoms. The van der Waals surface area contributed by atoms with Crippen molar-refractivity contribution >= 4 is 0 Å². The second kappa shape index (κ2) is 10.8. The Morgan fingerprint density at radius 1 is 0.366 bits per heavy atom. The van der Waals surface area contributed by atoms with E-state index >= 15 is 0 Å². The fourth-order valence-electron chi connectivity index (χ4n) is 5.04. The molecular weight excluding hydrogens is 502 g/mol. The second-order valence-electron chi connectivity index (χ2n) is 9.69. The van der Waals surface area contributed by atoms with Gasteiger partial charge in [0.2, 0.25) is 0 Å². The molecule has 5 heteroatoms. The lowest BCUT2D eigenvalue weighted by Crippen LogP contribution is -2.00. The molecule has 0 saturated heterocycles. The first-order valence-corrected chi connectivity index (χ1v) is 13.5. The molecule has 3 heterocycles. The van der Waals surface area contributed by atoms with E-state index in [1.54, 1.807) is 0 Å². The Hall–Kier alpha value is -5.68. The van der Waals surface area contributed by atoms with Crippen LogP contribution in [0.15, 0.2) is 152 Å². The Labute approximate surface area is 238 Å². The number of nitrogens with zero attached hydrogens (tertiary/aromatic N) is 5. The van der Waals surface area contributed by atoms with E-state index in [0.717, 1.165) is 62.1 Å². The monoisotopic (exact) mass is 527 g/mol. The van der Waals surface area contributed by atoms with Crippen LogP contribution in [-0.4, -0.2) is 24.7 Å². The van der Waals surface area contributed by atoms with E-state index in [2.05, 4.69) is 91.5 Å². The van der Waals surface area contributed by atoms with Crippen LogP contribution in [0.4, 0.5) is 0 Å². The first-order valence-electron chi connectivity index (χ1n) is 13.5. The normalized spacial score (nSPS) is 10.9. The van der Waals surface area contributed by atoms with Gasteiger partial charge in [-0.15, -0.1) is 10.2 Å². The molecule has 0 fully saturated rings. The highest BCUT2D eigenvalue weighted by molar-refractivity contribution is 5.79. The third kappa shape index (κ3) is 4.92. The standard InChI is InChI=1S/C36H25N5/c1-3-11-27(12-4-1)35-39-40-36(28-13-5-2-6-14-28)41(35)32-19-17-26(18-20-32)29-23-30(33-15-7-9-21-37-33)25-31(24-29)34-16-8-10-22-38-34/h1-25H. The molecule has 0 saturated carbocycles. The molecule has 0 aliphatic carbocycles. The van der Waals surface area contributed by atoms with E-state index in [1.807, 2.05) is 85.2 Å². The van der Waals surface area contributed by atoms with Crippen molar-refractivity contribution in [3.8, 4) is 62.1 Å². The predicted molar refractivity (Wildman–Crippen MR) is 164 cm³/mol. The number of rotatable bonds is 6. The van der Waals surface area contributed by atoms with Gasteiger partial charge in [0.25, 0.3) is 0 Å². The lowest BCUT2D eigenvalue weighted by Gasteiger charge is -2.13. The highest BCUT2D eigenvalue weighted by Gasteiger charge is 2.17. The molecule has 3 aromatic heterocycles. The topological polar surface area (TPSA) is 56.5 Å². The Morgan fingerprint density at radius 3 is 1.29 bits per heavy atom. The van der Waals surface area contributed by atoms with Gasteiger partial charge in [-0.25, -0.2) is 0 Å². The minimum atomic E-state index is 0.798. The van der Waals surface area contributed by atoms with Gasteiger partial charge in [0.15, 0.2) is 11.6 Å². The fourth-order valence-corrected chi connectivity index (χ4v) is 5.04. The number of hydrogen-bond donors (Lipinski definition) is 0. The fraction of sp³-hybridized carbons (Fsp3) is 0. The van der Waals surface area contributed by atoms with Gasteiger partial charge in [0.05, 0.1) is 11.4 Å². The summed E-state index contributed by atoms with van der Waals surface area (Å²) in [6.45, 7) is 0. The molecule has 0 N–H and O–H groups in total. The average molecular weight is 528 g/mol. The lowest BCUT2D eigenvalue weighted by molar-refractivity contribution is 1.07. The van der Waals surface area contributed by atoms with E-state index in [-0.39, 0.29) is 0 Å². The van der Waals surface area contributed by atoms with E-state index in [0.29, 0.717) is 0 Å². The van der Waals surface area contributed by atoms with Crippen LogP contribution in [0.2, 0.25) is 0 Å². The zero-order valence-electron chi connectivity index (χ0n) is 22.2. The minimum Gasteiger partial charge on any atom is -0.275 e. The molecule has 0 atom stereocenters. The van der Waals surface area contributed by atoms with E-state index in [4.69, 9.17) is 0 Å². The Kier molecular flexibility index (Phi) is 6.44. The summed E-state index contributed by atoms with van der Waals surface area (Å²) in [5.41, 5.74) is 9.13. The van der Waals surface area contributed by atoms with Crippen LogP contribution < -0.4 is 0 Å². The third-order valence-corrected chi connectivity index (χ3v) is 7.04. The molecule has 41 heavy (non-hydrogen) atoms. The highest BCUT2D eigenvalue weighted by atomic mass is 15.3. The zero-order valence-corrected chi connectivity index (χ0v) is 22.2. The van der Waals surface area contributed by atoms with Gasteiger partial charge in [-0.1, -0.05) is 84.9 Å². The molecule has 0 amide bonds.